The molecule has 0 aliphatic carbocycles. The van der Waals surface area contributed by atoms with E-state index in [4.69, 9.17) is 4.74 Å². The largest absolute Gasteiger partial charge is 0.481 e. The van der Waals surface area contributed by atoms with Crippen LogP contribution in [0.1, 0.15) is 4.88 Å². The fourth-order valence-corrected chi connectivity index (χ4v) is 2.41. The lowest BCUT2D eigenvalue weighted by molar-refractivity contribution is -0.122. The van der Waals surface area contributed by atoms with Crippen molar-refractivity contribution < 1.29 is 23.1 Å². The molecule has 0 saturated carbocycles. The molecule has 1 aromatic carbocycles. The van der Waals surface area contributed by atoms with E-state index >= 15 is 0 Å². The number of hydrogen-bond acceptors (Lipinski definition) is 4. The number of ether oxygens (including phenoxy) is 1. The average Bonchev–Trinajstić information content (AvgIpc) is 2.99. The van der Waals surface area contributed by atoms with E-state index in [0.717, 1.165) is 17.0 Å². The second-order valence-electron chi connectivity index (χ2n) is 4.50. The summed E-state index contributed by atoms with van der Waals surface area (Å²) in [5.74, 6) is -2.66. The lowest BCUT2D eigenvalue weighted by atomic mass is 10.3. The number of rotatable bonds is 6. The van der Waals surface area contributed by atoms with Crippen molar-refractivity contribution in [1.29, 1.82) is 0 Å². The summed E-state index contributed by atoms with van der Waals surface area (Å²) in [5, 5.41) is 6.51. The molecule has 2 aromatic rings. The van der Waals surface area contributed by atoms with Crippen molar-refractivity contribution in [2.45, 2.75) is 6.42 Å². The molecule has 0 bridgehead atoms. The van der Waals surface area contributed by atoms with Crippen molar-refractivity contribution in [2.24, 2.45) is 0 Å². The molecule has 0 radical (unpaired) electrons. The van der Waals surface area contributed by atoms with Gasteiger partial charge < -0.3 is 10.1 Å². The molecule has 0 fully saturated rings. The first kappa shape index (κ1) is 16.9. The van der Waals surface area contributed by atoms with E-state index in [9.17, 15) is 18.4 Å². The Bertz CT molecular complexity index is 677. The van der Waals surface area contributed by atoms with E-state index in [1.807, 2.05) is 17.5 Å². The number of urea groups is 1. The van der Waals surface area contributed by atoms with Crippen LogP contribution in [-0.4, -0.2) is 25.1 Å². The molecule has 0 atom stereocenters. The Hall–Kier alpha value is -2.48. The predicted octanol–water partition coefficient (Wildman–Crippen LogP) is 2.47. The number of benzene rings is 1. The fraction of sp³-hybridized carbons (Fsp3) is 0.200. The second-order valence-corrected chi connectivity index (χ2v) is 5.53. The maximum absolute atomic E-state index is 13.3. The van der Waals surface area contributed by atoms with Crippen molar-refractivity contribution in [3.63, 3.8) is 0 Å². The zero-order chi connectivity index (χ0) is 16.7. The summed E-state index contributed by atoms with van der Waals surface area (Å²) in [6.45, 7) is -0.173. The van der Waals surface area contributed by atoms with Crippen molar-refractivity contribution in [3.8, 4) is 5.75 Å². The van der Waals surface area contributed by atoms with Gasteiger partial charge in [-0.15, -0.1) is 11.3 Å². The standard InChI is InChI=1S/C15H14F2N2O3S/c16-10-3-4-13(12(17)8-10)22-9-14(20)19-15(21)18-6-5-11-2-1-7-23-11/h1-4,7-8H,5-6,9H2,(H2,18,19,20,21). The number of amides is 3. The maximum Gasteiger partial charge on any atom is 0.321 e. The Morgan fingerprint density at radius 2 is 2.04 bits per heavy atom. The van der Waals surface area contributed by atoms with Crippen LogP contribution in [0.5, 0.6) is 5.75 Å². The van der Waals surface area contributed by atoms with Crippen molar-refractivity contribution in [2.75, 3.05) is 13.2 Å². The molecule has 0 aliphatic rings. The first-order valence-corrected chi connectivity index (χ1v) is 7.60. The third kappa shape index (κ3) is 5.67. The van der Waals surface area contributed by atoms with Crippen LogP contribution in [-0.2, 0) is 11.2 Å². The normalized spacial score (nSPS) is 10.2. The number of carbonyl (C=O) groups excluding carboxylic acids is 2. The summed E-state index contributed by atoms with van der Waals surface area (Å²) < 4.78 is 30.9. The second kappa shape index (κ2) is 8.23. The molecule has 122 valence electrons. The zero-order valence-corrected chi connectivity index (χ0v) is 12.8. The predicted molar refractivity (Wildman–Crippen MR) is 81.4 cm³/mol. The van der Waals surface area contributed by atoms with Crippen molar-refractivity contribution >= 4 is 23.3 Å². The molecule has 0 saturated heterocycles. The highest BCUT2D eigenvalue weighted by atomic mass is 32.1. The van der Waals surface area contributed by atoms with Crippen molar-refractivity contribution in [1.82, 2.24) is 10.6 Å². The number of halogens is 2. The molecule has 23 heavy (non-hydrogen) atoms. The molecule has 1 heterocycles. The lowest BCUT2D eigenvalue weighted by Gasteiger charge is -2.08. The third-order valence-electron chi connectivity index (χ3n) is 2.74. The molecule has 2 N–H and O–H groups in total. The van der Waals surface area contributed by atoms with Gasteiger partial charge in [-0.1, -0.05) is 6.07 Å². The highest BCUT2D eigenvalue weighted by molar-refractivity contribution is 7.09. The summed E-state index contributed by atoms with van der Waals surface area (Å²) in [7, 11) is 0. The van der Waals surface area contributed by atoms with Crippen LogP contribution >= 0.6 is 11.3 Å². The summed E-state index contributed by atoms with van der Waals surface area (Å²) >= 11 is 1.58. The number of hydrogen-bond donors (Lipinski definition) is 2. The van der Waals surface area contributed by atoms with Gasteiger partial charge in [-0.2, -0.15) is 0 Å². The molecule has 5 nitrogen and oxygen atoms in total. The summed E-state index contributed by atoms with van der Waals surface area (Å²) in [6.07, 6.45) is 0.663. The van der Waals surface area contributed by atoms with Crippen LogP contribution < -0.4 is 15.4 Å². The number of carbonyl (C=O) groups is 2. The first-order chi connectivity index (χ1) is 11.0. The van der Waals surface area contributed by atoms with E-state index in [-0.39, 0.29) is 5.75 Å². The summed E-state index contributed by atoms with van der Waals surface area (Å²) in [5.41, 5.74) is 0. The molecule has 8 heteroatoms. The van der Waals surface area contributed by atoms with Crippen molar-refractivity contribution in [3.05, 3.63) is 52.2 Å². The topological polar surface area (TPSA) is 67.4 Å². The Morgan fingerprint density at radius 3 is 2.74 bits per heavy atom. The highest BCUT2D eigenvalue weighted by Gasteiger charge is 2.10. The lowest BCUT2D eigenvalue weighted by Crippen LogP contribution is -2.42. The van der Waals surface area contributed by atoms with Gasteiger partial charge in [0.25, 0.3) is 5.91 Å². The Morgan fingerprint density at radius 1 is 1.22 bits per heavy atom. The quantitative estimate of drug-likeness (QED) is 0.849. The van der Waals surface area contributed by atoms with Gasteiger partial charge in [0, 0.05) is 17.5 Å². The number of nitrogens with one attached hydrogen (secondary N) is 2. The van der Waals surface area contributed by atoms with E-state index in [0.29, 0.717) is 19.0 Å². The van der Waals surface area contributed by atoms with Gasteiger partial charge in [-0.3, -0.25) is 10.1 Å². The van der Waals surface area contributed by atoms with Crippen LogP contribution in [0.15, 0.2) is 35.7 Å². The third-order valence-corrected chi connectivity index (χ3v) is 3.68. The van der Waals surface area contributed by atoms with Gasteiger partial charge in [-0.05, 0) is 30.0 Å². The maximum atomic E-state index is 13.3. The van der Waals surface area contributed by atoms with E-state index in [1.54, 1.807) is 11.3 Å². The monoisotopic (exact) mass is 340 g/mol. The SMILES string of the molecule is O=C(COc1ccc(F)cc1F)NC(=O)NCCc1cccs1. The minimum absolute atomic E-state index is 0.264. The van der Waals surface area contributed by atoms with Gasteiger partial charge in [0.1, 0.15) is 5.82 Å². The van der Waals surface area contributed by atoms with E-state index < -0.39 is 30.2 Å². The number of thiophene rings is 1. The molecule has 2 rings (SSSR count). The Balaban J connectivity index is 1.68. The molecular formula is C15H14F2N2O3S. The Kier molecular flexibility index (Phi) is 6.04. The van der Waals surface area contributed by atoms with Gasteiger partial charge >= 0.3 is 6.03 Å². The van der Waals surface area contributed by atoms with Crippen LogP contribution in [0.4, 0.5) is 13.6 Å². The minimum Gasteiger partial charge on any atom is -0.481 e. The number of imide groups is 1. The van der Waals surface area contributed by atoms with Gasteiger partial charge in [0.15, 0.2) is 18.2 Å². The highest BCUT2D eigenvalue weighted by Crippen LogP contribution is 2.17. The molecule has 0 aliphatic heterocycles. The van der Waals surface area contributed by atoms with Crippen LogP contribution in [0.3, 0.4) is 0 Å². The molecule has 3 amide bonds. The fourth-order valence-electron chi connectivity index (χ4n) is 1.70. The van der Waals surface area contributed by atoms with Crippen LogP contribution in [0, 0.1) is 11.6 Å². The van der Waals surface area contributed by atoms with Crippen LogP contribution in [0.2, 0.25) is 0 Å². The zero-order valence-electron chi connectivity index (χ0n) is 12.0. The van der Waals surface area contributed by atoms with E-state index in [1.165, 1.54) is 0 Å². The van der Waals surface area contributed by atoms with Gasteiger partial charge in [-0.25, -0.2) is 13.6 Å². The molecular weight excluding hydrogens is 326 g/mol. The Labute approximate surface area is 135 Å². The van der Waals surface area contributed by atoms with E-state index in [2.05, 4.69) is 10.6 Å². The van der Waals surface area contributed by atoms with Gasteiger partial charge in [0.05, 0.1) is 0 Å². The van der Waals surface area contributed by atoms with Gasteiger partial charge in [0.2, 0.25) is 0 Å². The molecule has 0 unspecified atom stereocenters. The minimum atomic E-state index is -0.918. The smallest absolute Gasteiger partial charge is 0.321 e. The average molecular weight is 340 g/mol. The van der Waals surface area contributed by atoms with Crippen LogP contribution in [0.25, 0.3) is 0 Å². The first-order valence-electron chi connectivity index (χ1n) is 6.72. The summed E-state index contributed by atoms with van der Waals surface area (Å²) in [6, 6.07) is 5.92. The molecule has 0 spiro atoms. The molecule has 1 aromatic heterocycles. The summed E-state index contributed by atoms with van der Waals surface area (Å²) in [4.78, 5) is 24.1.